The molecule has 1 aromatic heterocycles. The largest absolute Gasteiger partial charge is 0.481 e. The van der Waals surface area contributed by atoms with Crippen molar-refractivity contribution in [2.45, 2.75) is 55.9 Å². The molecule has 0 aliphatic carbocycles. The van der Waals surface area contributed by atoms with Crippen LogP contribution in [0.1, 0.15) is 54.8 Å². The summed E-state index contributed by atoms with van der Waals surface area (Å²) in [6, 6.07) is 15.0. The standard InChI is InChI=1S/C26H30N4O6S/c1-30-16-27-29-26(30)37-15-21-13-22(18-10-8-17(14-31)9-11-18)36-25(35-21)19-4-2-5-20(12-19)28-23(32)6-3-7-24(33)34/h2,4-5,8-12,16,21-22,25,31H,3,6-7,13-15H2,1H3,(H,28,32)(H,33,34). The molecule has 1 fully saturated rings. The van der Waals surface area contributed by atoms with Gasteiger partial charge >= 0.3 is 5.97 Å². The number of anilines is 1. The van der Waals surface area contributed by atoms with Gasteiger partial charge in [0.2, 0.25) is 5.91 Å². The van der Waals surface area contributed by atoms with Crippen molar-refractivity contribution in [3.8, 4) is 0 Å². The van der Waals surface area contributed by atoms with Crippen molar-refractivity contribution >= 4 is 29.3 Å². The summed E-state index contributed by atoms with van der Waals surface area (Å²) in [6.07, 6.45) is 1.61. The average Bonchev–Trinajstić information content (AvgIpc) is 3.31. The molecule has 196 valence electrons. The van der Waals surface area contributed by atoms with E-state index in [0.717, 1.165) is 21.8 Å². The van der Waals surface area contributed by atoms with Gasteiger partial charge in [0.1, 0.15) is 6.33 Å². The normalized spacial score (nSPS) is 19.5. The predicted octanol–water partition coefficient (Wildman–Crippen LogP) is 3.84. The van der Waals surface area contributed by atoms with E-state index in [2.05, 4.69) is 15.5 Å². The number of carboxylic acid groups (broad SMARTS) is 1. The Kier molecular flexibility index (Phi) is 9.29. The number of aliphatic hydroxyl groups is 1. The number of benzene rings is 2. The summed E-state index contributed by atoms with van der Waals surface area (Å²) in [5.74, 6) is -0.519. The van der Waals surface area contributed by atoms with E-state index in [1.165, 1.54) is 0 Å². The molecule has 4 rings (SSSR count). The number of carbonyl (C=O) groups excluding carboxylic acids is 1. The lowest BCUT2D eigenvalue weighted by Crippen LogP contribution is -2.31. The highest BCUT2D eigenvalue weighted by molar-refractivity contribution is 7.99. The van der Waals surface area contributed by atoms with Crippen LogP contribution in [0.4, 0.5) is 5.69 Å². The van der Waals surface area contributed by atoms with Gasteiger partial charge in [0, 0.05) is 43.3 Å². The number of carbonyl (C=O) groups is 2. The molecule has 2 heterocycles. The van der Waals surface area contributed by atoms with Crippen molar-refractivity contribution in [2.75, 3.05) is 11.1 Å². The number of aliphatic carboxylic acids is 1. The zero-order valence-corrected chi connectivity index (χ0v) is 21.3. The first-order valence-corrected chi connectivity index (χ1v) is 13.0. The van der Waals surface area contributed by atoms with Crippen molar-refractivity contribution in [1.29, 1.82) is 0 Å². The van der Waals surface area contributed by atoms with Crippen molar-refractivity contribution in [3.05, 3.63) is 71.5 Å². The molecule has 10 nitrogen and oxygen atoms in total. The zero-order valence-electron chi connectivity index (χ0n) is 20.4. The summed E-state index contributed by atoms with van der Waals surface area (Å²) in [5, 5.41) is 29.8. The van der Waals surface area contributed by atoms with Crippen LogP contribution in [0.2, 0.25) is 0 Å². The molecular formula is C26H30N4O6S. The summed E-state index contributed by atoms with van der Waals surface area (Å²) in [7, 11) is 1.89. The van der Waals surface area contributed by atoms with Crippen LogP contribution in [0.5, 0.6) is 0 Å². The minimum Gasteiger partial charge on any atom is -0.481 e. The Bertz CT molecular complexity index is 1200. The summed E-state index contributed by atoms with van der Waals surface area (Å²) in [6.45, 7) is -0.0245. The molecule has 1 saturated heterocycles. The van der Waals surface area contributed by atoms with E-state index in [1.54, 1.807) is 24.2 Å². The second kappa shape index (κ2) is 12.8. The first-order chi connectivity index (χ1) is 17.9. The Hall–Kier alpha value is -3.25. The van der Waals surface area contributed by atoms with E-state index in [9.17, 15) is 14.7 Å². The number of aliphatic hydroxyl groups excluding tert-OH is 1. The van der Waals surface area contributed by atoms with Gasteiger partial charge in [-0.2, -0.15) is 0 Å². The Labute approximate surface area is 219 Å². The summed E-state index contributed by atoms with van der Waals surface area (Å²) >= 11 is 1.56. The number of carboxylic acids is 1. The van der Waals surface area contributed by atoms with Crippen LogP contribution in [0, 0.1) is 0 Å². The third kappa shape index (κ3) is 7.62. The second-order valence-corrected chi connectivity index (χ2v) is 9.79. The first-order valence-electron chi connectivity index (χ1n) is 12.0. The molecule has 0 spiro atoms. The van der Waals surface area contributed by atoms with Crippen molar-refractivity contribution in [3.63, 3.8) is 0 Å². The Morgan fingerprint density at radius 2 is 1.95 bits per heavy atom. The Morgan fingerprint density at radius 3 is 2.65 bits per heavy atom. The smallest absolute Gasteiger partial charge is 0.303 e. The Morgan fingerprint density at radius 1 is 1.14 bits per heavy atom. The number of amides is 1. The van der Waals surface area contributed by atoms with Gasteiger partial charge in [0.15, 0.2) is 11.4 Å². The molecule has 1 aliphatic rings. The fraction of sp³-hybridized carbons (Fsp3) is 0.385. The van der Waals surface area contributed by atoms with Gasteiger partial charge in [-0.15, -0.1) is 10.2 Å². The number of rotatable bonds is 11. The quantitative estimate of drug-likeness (QED) is 0.318. The van der Waals surface area contributed by atoms with E-state index in [1.807, 2.05) is 54.1 Å². The van der Waals surface area contributed by atoms with Crippen molar-refractivity contribution in [1.82, 2.24) is 14.8 Å². The third-order valence-electron chi connectivity index (χ3n) is 5.92. The highest BCUT2D eigenvalue weighted by atomic mass is 32.2. The molecule has 0 bridgehead atoms. The van der Waals surface area contributed by atoms with Gasteiger partial charge < -0.3 is 29.6 Å². The SMILES string of the molecule is Cn1cnnc1SCC1CC(c2ccc(CO)cc2)OC(c2cccc(NC(=O)CCCC(=O)O)c2)O1. The lowest BCUT2D eigenvalue weighted by Gasteiger charge is -2.36. The lowest BCUT2D eigenvalue weighted by atomic mass is 10.0. The average molecular weight is 527 g/mol. The van der Waals surface area contributed by atoms with Gasteiger partial charge in [-0.3, -0.25) is 9.59 Å². The summed E-state index contributed by atoms with van der Waals surface area (Å²) < 4.78 is 14.6. The van der Waals surface area contributed by atoms with Gasteiger partial charge in [0.05, 0.1) is 18.8 Å². The second-order valence-electron chi connectivity index (χ2n) is 8.81. The molecule has 0 radical (unpaired) electrons. The fourth-order valence-corrected chi connectivity index (χ4v) is 4.89. The van der Waals surface area contributed by atoms with Crippen LogP contribution < -0.4 is 5.32 Å². The van der Waals surface area contributed by atoms with E-state index in [-0.39, 0.29) is 44.0 Å². The van der Waals surface area contributed by atoms with Gasteiger partial charge in [-0.25, -0.2) is 0 Å². The maximum atomic E-state index is 12.2. The molecule has 3 aromatic rings. The highest BCUT2D eigenvalue weighted by Gasteiger charge is 2.32. The number of aromatic nitrogens is 3. The monoisotopic (exact) mass is 526 g/mol. The molecule has 37 heavy (non-hydrogen) atoms. The number of thioether (sulfide) groups is 1. The molecule has 2 aromatic carbocycles. The van der Waals surface area contributed by atoms with Crippen LogP contribution >= 0.6 is 11.8 Å². The van der Waals surface area contributed by atoms with E-state index in [4.69, 9.17) is 14.6 Å². The van der Waals surface area contributed by atoms with E-state index < -0.39 is 12.3 Å². The number of ether oxygens (including phenoxy) is 2. The van der Waals surface area contributed by atoms with Crippen molar-refractivity contribution in [2.24, 2.45) is 7.05 Å². The van der Waals surface area contributed by atoms with E-state index >= 15 is 0 Å². The summed E-state index contributed by atoms with van der Waals surface area (Å²) in [4.78, 5) is 22.9. The van der Waals surface area contributed by atoms with Crippen LogP contribution in [-0.2, 0) is 32.7 Å². The van der Waals surface area contributed by atoms with E-state index in [0.29, 0.717) is 17.9 Å². The van der Waals surface area contributed by atoms with Crippen LogP contribution in [0.3, 0.4) is 0 Å². The minimum absolute atomic E-state index is 0.0245. The fourth-order valence-electron chi connectivity index (χ4n) is 3.98. The molecular weight excluding hydrogens is 496 g/mol. The van der Waals surface area contributed by atoms with Crippen LogP contribution in [0.25, 0.3) is 0 Å². The number of hydrogen-bond acceptors (Lipinski definition) is 8. The molecule has 1 amide bonds. The van der Waals surface area contributed by atoms with Crippen molar-refractivity contribution < 1.29 is 29.3 Å². The topological polar surface area (TPSA) is 136 Å². The lowest BCUT2D eigenvalue weighted by molar-refractivity contribution is -0.245. The number of nitrogens with one attached hydrogen (secondary N) is 1. The molecule has 1 aliphatic heterocycles. The van der Waals surface area contributed by atoms with Crippen LogP contribution in [0.15, 0.2) is 60.0 Å². The number of hydrogen-bond donors (Lipinski definition) is 3. The third-order valence-corrected chi connectivity index (χ3v) is 7.09. The Balaban J connectivity index is 1.48. The predicted molar refractivity (Wildman–Crippen MR) is 137 cm³/mol. The number of nitrogens with zero attached hydrogens (tertiary/aromatic N) is 3. The highest BCUT2D eigenvalue weighted by Crippen LogP contribution is 2.39. The van der Waals surface area contributed by atoms with Gasteiger partial charge in [-0.1, -0.05) is 48.2 Å². The maximum Gasteiger partial charge on any atom is 0.303 e. The molecule has 11 heteroatoms. The van der Waals surface area contributed by atoms with Crippen LogP contribution in [-0.4, -0.2) is 48.7 Å². The molecule has 0 saturated carbocycles. The minimum atomic E-state index is -0.922. The molecule has 3 N–H and O–H groups in total. The summed E-state index contributed by atoms with van der Waals surface area (Å²) in [5.41, 5.74) is 3.16. The first kappa shape index (κ1) is 26.8. The number of aryl methyl sites for hydroxylation is 1. The van der Waals surface area contributed by atoms with Gasteiger partial charge in [-0.05, 0) is 29.7 Å². The maximum absolute atomic E-state index is 12.2. The molecule has 3 atom stereocenters. The molecule has 3 unspecified atom stereocenters. The zero-order chi connectivity index (χ0) is 26.2. The van der Waals surface area contributed by atoms with Gasteiger partial charge in [0.25, 0.3) is 0 Å².